The first-order valence-electron chi connectivity index (χ1n) is 10.9. The third-order valence-corrected chi connectivity index (χ3v) is 6.83. The van der Waals surface area contributed by atoms with Crippen molar-refractivity contribution in [2.45, 2.75) is 55.8 Å². The van der Waals surface area contributed by atoms with Gasteiger partial charge in [0.05, 0.1) is 21.8 Å². The van der Waals surface area contributed by atoms with Crippen LogP contribution in [0.1, 0.15) is 64.3 Å². The number of benzene rings is 1. The van der Waals surface area contributed by atoms with Crippen LogP contribution in [0.2, 0.25) is 5.02 Å². The molecule has 4 rings (SSSR count). The summed E-state index contributed by atoms with van der Waals surface area (Å²) in [5, 5.41) is 10.8. The van der Waals surface area contributed by atoms with Gasteiger partial charge in [0.1, 0.15) is 10.8 Å². The lowest BCUT2D eigenvalue weighted by molar-refractivity contribution is 0.0926. The molecule has 172 valence electrons. The Morgan fingerprint density at radius 1 is 1.12 bits per heavy atom. The highest BCUT2D eigenvalue weighted by molar-refractivity contribution is 7.98. The van der Waals surface area contributed by atoms with E-state index in [1.54, 1.807) is 36.5 Å². The lowest BCUT2D eigenvalue weighted by Crippen LogP contribution is -2.36. The number of aromatic nitrogens is 2. The fourth-order valence-electron chi connectivity index (χ4n) is 3.79. The second-order valence-electron chi connectivity index (χ2n) is 8.03. The van der Waals surface area contributed by atoms with E-state index >= 15 is 0 Å². The van der Waals surface area contributed by atoms with Crippen LogP contribution in [0.4, 0.5) is 5.69 Å². The fourth-order valence-corrected chi connectivity index (χ4v) is 4.87. The Labute approximate surface area is 201 Å². The minimum absolute atomic E-state index is 0.170. The Balaban J connectivity index is 1.45. The number of halogens is 1. The molecule has 0 bridgehead atoms. The summed E-state index contributed by atoms with van der Waals surface area (Å²) in [5.41, 5.74) is 2.05. The Kier molecular flexibility index (Phi) is 7.67. The third kappa shape index (κ3) is 6.15. The van der Waals surface area contributed by atoms with Gasteiger partial charge in [0.25, 0.3) is 11.8 Å². The van der Waals surface area contributed by atoms with Crippen molar-refractivity contribution in [3.63, 3.8) is 0 Å². The molecule has 0 spiro atoms. The Morgan fingerprint density at radius 3 is 2.70 bits per heavy atom. The molecule has 0 aliphatic heterocycles. The maximum atomic E-state index is 13.0. The Bertz CT molecular complexity index is 1140. The minimum Gasteiger partial charge on any atom is -0.361 e. The number of thioether (sulfide) groups is 1. The number of rotatable bonds is 7. The molecule has 1 aliphatic rings. The van der Waals surface area contributed by atoms with Crippen LogP contribution in [0.15, 0.2) is 52.1 Å². The summed E-state index contributed by atoms with van der Waals surface area (Å²) in [6.45, 7) is 1.83. The summed E-state index contributed by atoms with van der Waals surface area (Å²) in [6, 6.07) is 10.4. The second kappa shape index (κ2) is 10.9. The molecule has 1 aromatic carbocycles. The zero-order chi connectivity index (χ0) is 23.2. The van der Waals surface area contributed by atoms with E-state index in [0.29, 0.717) is 32.6 Å². The summed E-state index contributed by atoms with van der Waals surface area (Å²) in [7, 11) is 0. The van der Waals surface area contributed by atoms with Crippen molar-refractivity contribution in [2.75, 3.05) is 5.32 Å². The topological polar surface area (TPSA) is 97.1 Å². The molecule has 1 saturated carbocycles. The molecule has 2 aromatic heterocycles. The van der Waals surface area contributed by atoms with Crippen LogP contribution < -0.4 is 10.6 Å². The molecule has 2 N–H and O–H groups in total. The number of pyridine rings is 1. The van der Waals surface area contributed by atoms with E-state index in [0.717, 1.165) is 37.1 Å². The molecule has 2 heterocycles. The first kappa shape index (κ1) is 23.3. The Hall–Kier alpha value is -2.84. The second-order valence-corrected chi connectivity index (χ2v) is 9.40. The minimum atomic E-state index is -0.317. The van der Waals surface area contributed by atoms with E-state index in [-0.39, 0.29) is 17.9 Å². The van der Waals surface area contributed by atoms with Gasteiger partial charge < -0.3 is 15.2 Å². The molecule has 3 aromatic rings. The summed E-state index contributed by atoms with van der Waals surface area (Å²) in [6.07, 6.45) is 7.06. The molecular formula is C24H25ClN4O3S. The highest BCUT2D eigenvalue weighted by Gasteiger charge is 2.20. The Morgan fingerprint density at radius 2 is 1.94 bits per heavy atom. The van der Waals surface area contributed by atoms with Crippen molar-refractivity contribution in [2.24, 2.45) is 0 Å². The predicted octanol–water partition coefficient (Wildman–Crippen LogP) is 5.64. The van der Waals surface area contributed by atoms with Crippen molar-refractivity contribution < 1.29 is 14.1 Å². The molecule has 0 atom stereocenters. The number of anilines is 1. The van der Waals surface area contributed by atoms with Crippen LogP contribution >= 0.6 is 23.4 Å². The predicted molar refractivity (Wildman–Crippen MR) is 129 cm³/mol. The van der Waals surface area contributed by atoms with Gasteiger partial charge in [-0.05, 0) is 50.1 Å². The maximum absolute atomic E-state index is 13.0. The first-order valence-corrected chi connectivity index (χ1v) is 12.3. The number of nitrogens with zero attached hydrogens (tertiary/aromatic N) is 2. The summed E-state index contributed by atoms with van der Waals surface area (Å²) < 4.78 is 5.09. The van der Waals surface area contributed by atoms with Crippen LogP contribution in [0.25, 0.3) is 0 Å². The molecule has 33 heavy (non-hydrogen) atoms. The summed E-state index contributed by atoms with van der Waals surface area (Å²) in [4.78, 5) is 30.1. The van der Waals surface area contributed by atoms with Gasteiger partial charge in [0, 0.05) is 29.7 Å². The standard InChI is InChI=1S/C24H25ClN4O3S/c1-15-12-18(29-32-15)14-33-24-19(8-5-11-26-24)22(30)28-17-9-10-21(25)20(13-17)23(31)27-16-6-3-2-4-7-16/h5,8-13,16H,2-4,6-7,14H2,1H3,(H,27,31)(H,28,30). The number of carbonyl (C=O) groups excluding carboxylic acids is 2. The van der Waals surface area contributed by atoms with Crippen molar-refractivity contribution in [1.29, 1.82) is 0 Å². The highest BCUT2D eigenvalue weighted by Crippen LogP contribution is 2.26. The highest BCUT2D eigenvalue weighted by atomic mass is 35.5. The van der Waals surface area contributed by atoms with Crippen LogP contribution in [0.5, 0.6) is 0 Å². The van der Waals surface area contributed by atoms with Gasteiger partial charge in [-0.15, -0.1) is 0 Å². The fraction of sp³-hybridized carbons (Fsp3) is 0.333. The van der Waals surface area contributed by atoms with Gasteiger partial charge in [-0.3, -0.25) is 9.59 Å². The zero-order valence-corrected chi connectivity index (χ0v) is 19.8. The number of carbonyl (C=O) groups is 2. The third-order valence-electron chi connectivity index (χ3n) is 5.46. The van der Waals surface area contributed by atoms with Gasteiger partial charge in [0.15, 0.2) is 0 Å². The number of hydrogen-bond donors (Lipinski definition) is 2. The molecule has 0 unspecified atom stereocenters. The SMILES string of the molecule is Cc1cc(CSc2ncccc2C(=O)Nc2ccc(Cl)c(C(=O)NC3CCCCC3)c2)no1. The van der Waals surface area contributed by atoms with Crippen molar-refractivity contribution in [1.82, 2.24) is 15.5 Å². The quantitative estimate of drug-likeness (QED) is 0.421. The van der Waals surface area contributed by atoms with E-state index in [4.69, 9.17) is 16.1 Å². The van der Waals surface area contributed by atoms with Gasteiger partial charge >= 0.3 is 0 Å². The van der Waals surface area contributed by atoms with Crippen LogP contribution in [-0.4, -0.2) is 28.0 Å². The van der Waals surface area contributed by atoms with Crippen LogP contribution in [0, 0.1) is 6.92 Å². The number of aryl methyl sites for hydroxylation is 1. The van der Waals surface area contributed by atoms with Crippen molar-refractivity contribution in [3.05, 3.63) is 70.2 Å². The summed E-state index contributed by atoms with van der Waals surface area (Å²) >= 11 is 7.69. The van der Waals surface area contributed by atoms with Gasteiger partial charge in [-0.2, -0.15) is 0 Å². The van der Waals surface area contributed by atoms with Gasteiger partial charge in [-0.25, -0.2) is 4.98 Å². The number of amides is 2. The lowest BCUT2D eigenvalue weighted by atomic mass is 9.95. The van der Waals surface area contributed by atoms with Gasteiger partial charge in [-0.1, -0.05) is 47.8 Å². The maximum Gasteiger partial charge on any atom is 0.258 e. The zero-order valence-electron chi connectivity index (χ0n) is 18.3. The number of nitrogens with one attached hydrogen (secondary N) is 2. The molecule has 1 fully saturated rings. The van der Waals surface area contributed by atoms with Gasteiger partial charge in [0.2, 0.25) is 0 Å². The van der Waals surface area contributed by atoms with Crippen molar-refractivity contribution in [3.8, 4) is 0 Å². The molecular weight excluding hydrogens is 460 g/mol. The average Bonchev–Trinajstić information content (AvgIpc) is 3.24. The smallest absolute Gasteiger partial charge is 0.258 e. The first-order chi connectivity index (χ1) is 16.0. The molecule has 1 aliphatic carbocycles. The summed E-state index contributed by atoms with van der Waals surface area (Å²) in [5.74, 6) is 0.725. The number of hydrogen-bond acceptors (Lipinski definition) is 6. The monoisotopic (exact) mass is 484 g/mol. The molecule has 7 nitrogen and oxygen atoms in total. The van der Waals surface area contributed by atoms with E-state index in [2.05, 4.69) is 20.8 Å². The largest absolute Gasteiger partial charge is 0.361 e. The molecule has 2 amide bonds. The van der Waals surface area contributed by atoms with Crippen LogP contribution in [-0.2, 0) is 5.75 Å². The van der Waals surface area contributed by atoms with E-state index in [1.807, 2.05) is 13.0 Å². The van der Waals surface area contributed by atoms with E-state index in [1.165, 1.54) is 18.2 Å². The van der Waals surface area contributed by atoms with E-state index < -0.39 is 0 Å². The molecule has 0 saturated heterocycles. The van der Waals surface area contributed by atoms with Crippen molar-refractivity contribution >= 4 is 40.9 Å². The molecule has 9 heteroatoms. The normalized spacial score (nSPS) is 14.1. The average molecular weight is 485 g/mol. The van der Waals surface area contributed by atoms with Crippen LogP contribution in [0.3, 0.4) is 0 Å². The van der Waals surface area contributed by atoms with E-state index in [9.17, 15) is 9.59 Å². The molecule has 0 radical (unpaired) electrons. The lowest BCUT2D eigenvalue weighted by Gasteiger charge is -2.23.